The second-order valence-electron chi connectivity index (χ2n) is 5.83. The van der Waals surface area contributed by atoms with E-state index in [1.54, 1.807) is 12.1 Å². The first-order valence-corrected chi connectivity index (χ1v) is 8.40. The summed E-state index contributed by atoms with van der Waals surface area (Å²) in [5.41, 5.74) is 0. The van der Waals surface area contributed by atoms with Crippen LogP contribution in [-0.2, 0) is 4.79 Å². The number of hydrogen-bond donors (Lipinski definition) is 1. The van der Waals surface area contributed by atoms with Crippen LogP contribution >= 0.6 is 0 Å². The molecule has 0 bridgehead atoms. The first kappa shape index (κ1) is 16.8. The summed E-state index contributed by atoms with van der Waals surface area (Å²) in [6, 6.07) is 7.80. The third-order valence-electron chi connectivity index (χ3n) is 4.10. The van der Waals surface area contributed by atoms with Gasteiger partial charge in [-0.15, -0.1) is 0 Å². The van der Waals surface area contributed by atoms with Crippen LogP contribution in [0.2, 0.25) is 0 Å². The molecule has 1 N–H and O–H groups in total. The van der Waals surface area contributed by atoms with E-state index in [-0.39, 0.29) is 11.9 Å². The van der Waals surface area contributed by atoms with E-state index in [1.165, 1.54) is 0 Å². The highest BCUT2D eigenvalue weighted by atomic mass is 16.5. The molecule has 0 unspecified atom stereocenters. The van der Waals surface area contributed by atoms with Crippen LogP contribution in [0.3, 0.4) is 0 Å². The Hall–Kier alpha value is -1.55. The van der Waals surface area contributed by atoms with Gasteiger partial charge in [0.25, 0.3) is 0 Å². The molecule has 0 aromatic heterocycles. The van der Waals surface area contributed by atoms with Gasteiger partial charge in [-0.2, -0.15) is 0 Å². The van der Waals surface area contributed by atoms with Crippen LogP contribution in [-0.4, -0.2) is 25.2 Å². The van der Waals surface area contributed by atoms with Gasteiger partial charge in [0.05, 0.1) is 12.5 Å². The predicted octanol–water partition coefficient (Wildman–Crippen LogP) is 3.55. The molecule has 1 saturated carbocycles. The van der Waals surface area contributed by atoms with E-state index in [0.29, 0.717) is 18.4 Å². The van der Waals surface area contributed by atoms with Crippen molar-refractivity contribution in [3.8, 4) is 11.5 Å². The number of carbonyl (C=O) groups excluding carboxylic acids is 1. The fourth-order valence-electron chi connectivity index (χ4n) is 2.85. The lowest BCUT2D eigenvalue weighted by Gasteiger charge is -2.27. The third-order valence-corrected chi connectivity index (χ3v) is 4.10. The Balaban J connectivity index is 1.78. The van der Waals surface area contributed by atoms with Gasteiger partial charge in [0.1, 0.15) is 11.5 Å². The largest absolute Gasteiger partial charge is 0.494 e. The van der Waals surface area contributed by atoms with Crippen LogP contribution in [0.5, 0.6) is 11.5 Å². The monoisotopic (exact) mass is 305 g/mol. The topological polar surface area (TPSA) is 47.6 Å². The average Bonchev–Trinajstić information content (AvgIpc) is 2.55. The second kappa shape index (κ2) is 8.79. The van der Waals surface area contributed by atoms with Crippen LogP contribution in [0.15, 0.2) is 24.3 Å². The summed E-state index contributed by atoms with van der Waals surface area (Å²) in [6.07, 6.45) is 5.10. The average molecular weight is 305 g/mol. The summed E-state index contributed by atoms with van der Waals surface area (Å²) >= 11 is 0. The van der Waals surface area contributed by atoms with E-state index in [1.807, 2.05) is 19.1 Å². The van der Waals surface area contributed by atoms with Crippen molar-refractivity contribution in [1.82, 2.24) is 5.32 Å². The maximum atomic E-state index is 12.2. The molecule has 4 heteroatoms. The fourth-order valence-corrected chi connectivity index (χ4v) is 2.85. The molecule has 0 spiro atoms. The van der Waals surface area contributed by atoms with Gasteiger partial charge in [0, 0.05) is 6.04 Å². The molecule has 0 saturated heterocycles. The van der Waals surface area contributed by atoms with Crippen LogP contribution < -0.4 is 14.8 Å². The van der Waals surface area contributed by atoms with E-state index in [0.717, 1.165) is 44.4 Å². The Labute approximate surface area is 133 Å². The number of benzene rings is 1. The summed E-state index contributed by atoms with van der Waals surface area (Å²) < 4.78 is 10.9. The van der Waals surface area contributed by atoms with Gasteiger partial charge >= 0.3 is 5.97 Å². The van der Waals surface area contributed by atoms with Crippen molar-refractivity contribution in [3.05, 3.63) is 24.3 Å². The molecule has 1 fully saturated rings. The lowest BCUT2D eigenvalue weighted by molar-refractivity contribution is -0.140. The molecule has 0 radical (unpaired) electrons. The van der Waals surface area contributed by atoms with Crippen molar-refractivity contribution in [1.29, 1.82) is 0 Å². The standard InChI is InChI=1S/C18H27NO3/c1-3-13-19-15-7-5-14(6-8-15)18(20)22-17-11-9-16(10-12-17)21-4-2/h9-12,14-15,19H,3-8,13H2,1-2H3. The summed E-state index contributed by atoms with van der Waals surface area (Å²) in [6.45, 7) is 5.81. The van der Waals surface area contributed by atoms with Crippen molar-refractivity contribution in [3.63, 3.8) is 0 Å². The quantitative estimate of drug-likeness (QED) is 0.618. The lowest BCUT2D eigenvalue weighted by Crippen LogP contribution is -2.36. The number of hydrogen-bond acceptors (Lipinski definition) is 4. The zero-order chi connectivity index (χ0) is 15.8. The predicted molar refractivity (Wildman–Crippen MR) is 87.3 cm³/mol. The highest BCUT2D eigenvalue weighted by Gasteiger charge is 2.27. The first-order chi connectivity index (χ1) is 10.7. The van der Waals surface area contributed by atoms with Gasteiger partial charge < -0.3 is 14.8 Å². The Bertz CT molecular complexity index is 450. The van der Waals surface area contributed by atoms with Crippen molar-refractivity contribution < 1.29 is 14.3 Å². The molecule has 22 heavy (non-hydrogen) atoms. The van der Waals surface area contributed by atoms with Gasteiger partial charge in [-0.1, -0.05) is 6.92 Å². The maximum Gasteiger partial charge on any atom is 0.314 e. The minimum absolute atomic E-state index is 0.0336. The Kier molecular flexibility index (Phi) is 6.72. The number of carbonyl (C=O) groups is 1. The first-order valence-electron chi connectivity index (χ1n) is 8.40. The summed E-state index contributed by atoms with van der Waals surface area (Å²) in [5.74, 6) is 1.33. The summed E-state index contributed by atoms with van der Waals surface area (Å²) in [4.78, 5) is 12.2. The zero-order valence-corrected chi connectivity index (χ0v) is 13.6. The van der Waals surface area contributed by atoms with E-state index in [9.17, 15) is 4.79 Å². The minimum atomic E-state index is -0.0990. The van der Waals surface area contributed by atoms with E-state index >= 15 is 0 Å². The molecule has 4 nitrogen and oxygen atoms in total. The number of ether oxygens (including phenoxy) is 2. The number of esters is 1. The highest BCUT2D eigenvalue weighted by molar-refractivity contribution is 5.75. The van der Waals surface area contributed by atoms with Crippen molar-refractivity contribution >= 4 is 5.97 Å². The number of rotatable bonds is 7. The normalized spacial score (nSPS) is 21.4. The molecule has 1 aromatic carbocycles. The Morgan fingerprint density at radius 3 is 2.32 bits per heavy atom. The highest BCUT2D eigenvalue weighted by Crippen LogP contribution is 2.27. The van der Waals surface area contributed by atoms with Gasteiger partial charge in [0.2, 0.25) is 0 Å². The smallest absolute Gasteiger partial charge is 0.314 e. The molecule has 0 heterocycles. The van der Waals surface area contributed by atoms with Crippen molar-refractivity contribution in [2.75, 3.05) is 13.2 Å². The summed E-state index contributed by atoms with van der Waals surface area (Å²) in [5, 5.41) is 3.53. The molecule has 1 aliphatic rings. The molecule has 0 atom stereocenters. The molecule has 1 aromatic rings. The zero-order valence-electron chi connectivity index (χ0n) is 13.6. The van der Waals surface area contributed by atoms with E-state index < -0.39 is 0 Å². The van der Waals surface area contributed by atoms with Crippen molar-refractivity contribution in [2.45, 2.75) is 52.0 Å². The van der Waals surface area contributed by atoms with Gasteiger partial charge in [-0.3, -0.25) is 4.79 Å². The second-order valence-corrected chi connectivity index (χ2v) is 5.83. The molecule has 0 amide bonds. The molecule has 0 aliphatic heterocycles. The van der Waals surface area contributed by atoms with Crippen LogP contribution in [0.25, 0.3) is 0 Å². The maximum absolute atomic E-state index is 12.2. The Morgan fingerprint density at radius 2 is 1.73 bits per heavy atom. The van der Waals surface area contributed by atoms with Gasteiger partial charge in [-0.05, 0) is 69.8 Å². The minimum Gasteiger partial charge on any atom is -0.494 e. The van der Waals surface area contributed by atoms with Gasteiger partial charge in [-0.25, -0.2) is 0 Å². The van der Waals surface area contributed by atoms with Crippen LogP contribution in [0.1, 0.15) is 46.0 Å². The van der Waals surface area contributed by atoms with Crippen LogP contribution in [0, 0.1) is 5.92 Å². The third kappa shape index (κ3) is 5.02. The van der Waals surface area contributed by atoms with E-state index in [4.69, 9.17) is 9.47 Å². The van der Waals surface area contributed by atoms with Crippen molar-refractivity contribution in [2.24, 2.45) is 5.92 Å². The molecule has 122 valence electrons. The number of nitrogens with one attached hydrogen (secondary N) is 1. The van der Waals surface area contributed by atoms with E-state index in [2.05, 4.69) is 12.2 Å². The fraction of sp³-hybridized carbons (Fsp3) is 0.611. The van der Waals surface area contributed by atoms with Crippen LogP contribution in [0.4, 0.5) is 0 Å². The molecule has 1 aliphatic carbocycles. The Morgan fingerprint density at radius 1 is 1.09 bits per heavy atom. The summed E-state index contributed by atoms with van der Waals surface area (Å²) in [7, 11) is 0. The SMILES string of the molecule is CCCNC1CCC(C(=O)Oc2ccc(OCC)cc2)CC1. The molecular formula is C18H27NO3. The van der Waals surface area contributed by atoms with Gasteiger partial charge in [0.15, 0.2) is 0 Å². The molecular weight excluding hydrogens is 278 g/mol. The lowest BCUT2D eigenvalue weighted by atomic mass is 9.86. The molecule has 2 rings (SSSR count).